The van der Waals surface area contributed by atoms with Gasteiger partial charge in [-0.1, -0.05) is 35.0 Å². The van der Waals surface area contributed by atoms with Gasteiger partial charge < -0.3 is 19.3 Å². The van der Waals surface area contributed by atoms with Crippen molar-refractivity contribution in [3.8, 4) is 11.3 Å². The van der Waals surface area contributed by atoms with Gasteiger partial charge >= 0.3 is 5.97 Å². The molecule has 8 heteroatoms. The molecule has 0 radical (unpaired) electrons. The maximum absolute atomic E-state index is 11.2. The summed E-state index contributed by atoms with van der Waals surface area (Å²) in [6.07, 6.45) is 7.88. The van der Waals surface area contributed by atoms with Gasteiger partial charge in [0.2, 0.25) is 0 Å². The number of aromatic carboxylic acids is 1. The topological polar surface area (TPSA) is 88.7 Å². The van der Waals surface area contributed by atoms with Crippen molar-refractivity contribution in [1.29, 1.82) is 0 Å². The number of carboxylic acid groups (broad SMARTS) is 1. The van der Waals surface area contributed by atoms with Crippen molar-refractivity contribution in [1.82, 2.24) is 10.1 Å². The van der Waals surface area contributed by atoms with Gasteiger partial charge in [0.15, 0.2) is 0 Å². The van der Waals surface area contributed by atoms with Crippen molar-refractivity contribution in [3.63, 3.8) is 0 Å². The Morgan fingerprint density at radius 2 is 1.88 bits per heavy atom. The van der Waals surface area contributed by atoms with Gasteiger partial charge in [-0.15, -0.1) is 0 Å². The van der Waals surface area contributed by atoms with E-state index in [1.54, 1.807) is 6.07 Å². The van der Waals surface area contributed by atoms with Crippen LogP contribution in [0.15, 0.2) is 47.1 Å². The molecular weight excluding hydrogens is 454 g/mol. The highest BCUT2D eigenvalue weighted by Crippen LogP contribution is 2.45. The number of nitrogens with zero attached hydrogens (tertiary/aromatic N) is 3. The number of halogens is 1. The zero-order chi connectivity index (χ0) is 23.2. The first-order chi connectivity index (χ1) is 16.6. The molecule has 1 aromatic carbocycles. The minimum Gasteiger partial charge on any atom is -0.478 e. The molecule has 3 aromatic rings. The first kappa shape index (κ1) is 21.6. The number of carbonyl (C=O) groups is 1. The smallest absolute Gasteiger partial charge is 0.337 e. The van der Waals surface area contributed by atoms with Crippen molar-refractivity contribution in [2.75, 3.05) is 4.90 Å². The summed E-state index contributed by atoms with van der Waals surface area (Å²) in [6, 6.07) is 11.9. The van der Waals surface area contributed by atoms with Crippen LogP contribution in [0.25, 0.3) is 11.3 Å². The molecule has 2 aliphatic heterocycles. The van der Waals surface area contributed by atoms with Gasteiger partial charge in [-0.2, -0.15) is 0 Å². The Morgan fingerprint density at radius 3 is 2.53 bits per heavy atom. The summed E-state index contributed by atoms with van der Waals surface area (Å²) in [5.74, 6) is 1.27. The molecule has 3 atom stereocenters. The molecule has 34 heavy (non-hydrogen) atoms. The van der Waals surface area contributed by atoms with Gasteiger partial charge in [0, 0.05) is 35.3 Å². The first-order valence-corrected chi connectivity index (χ1v) is 12.3. The van der Waals surface area contributed by atoms with Crippen molar-refractivity contribution in [2.24, 2.45) is 0 Å². The van der Waals surface area contributed by atoms with Crippen LogP contribution in [-0.4, -0.2) is 39.4 Å². The number of hydrogen-bond donors (Lipinski definition) is 1. The van der Waals surface area contributed by atoms with Gasteiger partial charge in [-0.25, -0.2) is 9.78 Å². The molecule has 3 aliphatic rings. The molecule has 2 unspecified atom stereocenters. The maximum Gasteiger partial charge on any atom is 0.337 e. The molecular formula is C26H26ClN3O4. The van der Waals surface area contributed by atoms with Crippen LogP contribution in [0.1, 0.15) is 66.1 Å². The van der Waals surface area contributed by atoms with Crippen LogP contribution in [0.4, 0.5) is 5.82 Å². The molecule has 3 fully saturated rings. The molecule has 2 aromatic heterocycles. The Hall–Kier alpha value is -2.90. The van der Waals surface area contributed by atoms with E-state index >= 15 is 0 Å². The van der Waals surface area contributed by atoms with Gasteiger partial charge in [0.25, 0.3) is 0 Å². The van der Waals surface area contributed by atoms with E-state index in [-0.39, 0.29) is 11.7 Å². The van der Waals surface area contributed by atoms with Crippen LogP contribution in [0, 0.1) is 0 Å². The second kappa shape index (κ2) is 8.71. The summed E-state index contributed by atoms with van der Waals surface area (Å²) < 4.78 is 12.3. The summed E-state index contributed by atoms with van der Waals surface area (Å²) in [7, 11) is 0. The third kappa shape index (κ3) is 3.97. The fourth-order valence-electron chi connectivity index (χ4n) is 5.50. The van der Waals surface area contributed by atoms with Crippen LogP contribution in [0.2, 0.25) is 5.02 Å². The summed E-state index contributed by atoms with van der Waals surface area (Å²) in [6.45, 7) is 0.464. The molecule has 6 rings (SSSR count). The van der Waals surface area contributed by atoms with Crippen molar-refractivity contribution in [2.45, 2.75) is 69.2 Å². The monoisotopic (exact) mass is 479 g/mol. The Kier molecular flexibility index (Phi) is 5.54. The zero-order valence-corrected chi connectivity index (χ0v) is 19.4. The number of fused-ring (bicyclic) bond motifs is 2. The third-order valence-electron chi connectivity index (χ3n) is 7.31. The second-order valence-corrected chi connectivity index (χ2v) is 9.94. The maximum atomic E-state index is 11.2. The van der Waals surface area contributed by atoms with Crippen molar-refractivity contribution < 1.29 is 19.2 Å². The first-order valence-electron chi connectivity index (χ1n) is 11.9. The van der Waals surface area contributed by atoms with Gasteiger partial charge in [0.1, 0.15) is 17.3 Å². The fraction of sp³-hybridized carbons (Fsp3) is 0.423. The van der Waals surface area contributed by atoms with E-state index in [0.29, 0.717) is 29.6 Å². The van der Waals surface area contributed by atoms with Crippen LogP contribution in [0.3, 0.4) is 0 Å². The molecule has 0 spiro atoms. The molecule has 2 bridgehead atoms. The van der Waals surface area contributed by atoms with Gasteiger partial charge in [-0.3, -0.25) is 0 Å². The minimum absolute atomic E-state index is 0.146. The highest BCUT2D eigenvalue weighted by molar-refractivity contribution is 6.33. The molecule has 1 N–H and O–H groups in total. The number of anilines is 1. The second-order valence-electron chi connectivity index (χ2n) is 9.54. The van der Waals surface area contributed by atoms with E-state index in [2.05, 4.69) is 15.0 Å². The molecule has 7 nitrogen and oxygen atoms in total. The standard InChI is InChI=1S/C26H26ClN3O4/c27-22-4-2-1-3-20(22)24-21(25(34-29-24)15-5-6-15)14-33-19-11-17-8-9-18(12-19)30(17)23-10-7-16(13-28-23)26(31)32/h1-4,7,10,13,15,17-19H,5-6,8-9,11-12,14H2,(H,31,32)/t17-,18?,19?/m0/s1. The Morgan fingerprint density at radius 1 is 1.12 bits per heavy atom. The average molecular weight is 480 g/mol. The number of aromatic nitrogens is 2. The fourth-order valence-corrected chi connectivity index (χ4v) is 5.72. The number of carboxylic acids is 1. The number of piperidine rings is 1. The zero-order valence-electron chi connectivity index (χ0n) is 18.7. The molecule has 1 aliphatic carbocycles. The van der Waals surface area contributed by atoms with Crippen LogP contribution < -0.4 is 4.90 Å². The van der Waals surface area contributed by atoms with Crippen LogP contribution in [-0.2, 0) is 11.3 Å². The normalized spacial score (nSPS) is 23.9. The van der Waals surface area contributed by atoms with E-state index in [9.17, 15) is 4.79 Å². The molecule has 1 saturated carbocycles. The van der Waals surface area contributed by atoms with Crippen LogP contribution in [0.5, 0.6) is 0 Å². The molecule has 4 heterocycles. The lowest BCUT2D eigenvalue weighted by atomic mass is 9.99. The molecule has 0 amide bonds. The molecule has 2 saturated heterocycles. The van der Waals surface area contributed by atoms with E-state index < -0.39 is 5.97 Å². The summed E-state index contributed by atoms with van der Waals surface area (Å²) in [4.78, 5) is 18.0. The lowest BCUT2D eigenvalue weighted by Crippen LogP contribution is -2.46. The van der Waals surface area contributed by atoms with E-state index in [0.717, 1.165) is 66.9 Å². The number of benzene rings is 1. The van der Waals surface area contributed by atoms with E-state index in [1.807, 2.05) is 30.3 Å². The van der Waals surface area contributed by atoms with E-state index in [1.165, 1.54) is 6.20 Å². The lowest BCUT2D eigenvalue weighted by Gasteiger charge is -2.39. The number of pyridine rings is 1. The highest BCUT2D eigenvalue weighted by Gasteiger charge is 2.42. The van der Waals surface area contributed by atoms with Crippen molar-refractivity contribution >= 4 is 23.4 Å². The van der Waals surface area contributed by atoms with Crippen molar-refractivity contribution in [3.05, 3.63) is 64.5 Å². The van der Waals surface area contributed by atoms with Gasteiger partial charge in [-0.05, 0) is 56.7 Å². The summed E-state index contributed by atoms with van der Waals surface area (Å²) in [5.41, 5.74) is 2.90. The SMILES string of the molecule is O=C(O)c1ccc(N2C3CC[C@H]2CC(OCc2c(-c4ccccc4Cl)noc2C2CC2)C3)nc1. The average Bonchev–Trinajstić information content (AvgIpc) is 3.55. The number of ether oxygens (including phenoxy) is 1. The third-order valence-corrected chi connectivity index (χ3v) is 7.64. The highest BCUT2D eigenvalue weighted by atomic mass is 35.5. The predicted octanol–water partition coefficient (Wildman–Crippen LogP) is 5.68. The van der Waals surface area contributed by atoms with E-state index in [4.69, 9.17) is 26.0 Å². The molecule has 176 valence electrons. The Labute approximate surface area is 202 Å². The Bertz CT molecular complexity index is 1190. The minimum atomic E-state index is -0.954. The lowest BCUT2D eigenvalue weighted by molar-refractivity contribution is 0.0146. The predicted molar refractivity (Wildman–Crippen MR) is 127 cm³/mol. The summed E-state index contributed by atoms with van der Waals surface area (Å²) in [5, 5.41) is 14.2. The Balaban J connectivity index is 1.18. The van der Waals surface area contributed by atoms with Crippen LogP contribution >= 0.6 is 11.6 Å². The number of rotatable bonds is 7. The quantitative estimate of drug-likeness (QED) is 0.466. The van der Waals surface area contributed by atoms with Gasteiger partial charge in [0.05, 0.1) is 23.3 Å². The largest absolute Gasteiger partial charge is 0.478 e. The summed E-state index contributed by atoms with van der Waals surface area (Å²) >= 11 is 6.47. The number of hydrogen-bond acceptors (Lipinski definition) is 6.